The third kappa shape index (κ3) is 2.43. The molecular formula is C13H11BrF2S. The largest absolute Gasteiger partial charge is 0.207 e. The molecule has 0 N–H and O–H groups in total. The summed E-state index contributed by atoms with van der Waals surface area (Å²) in [6, 6.07) is 4.47. The molecular weight excluding hydrogens is 306 g/mol. The number of aryl methyl sites for hydroxylation is 2. The molecule has 2 rings (SSSR count). The number of benzene rings is 1. The van der Waals surface area contributed by atoms with Gasteiger partial charge in [-0.3, -0.25) is 0 Å². The van der Waals surface area contributed by atoms with Gasteiger partial charge in [-0.2, -0.15) is 0 Å². The Kier molecular flexibility index (Phi) is 3.64. The summed E-state index contributed by atoms with van der Waals surface area (Å²) < 4.78 is 27.3. The Labute approximate surface area is 111 Å². The van der Waals surface area contributed by atoms with Gasteiger partial charge in [0, 0.05) is 10.4 Å². The van der Waals surface area contributed by atoms with Crippen LogP contribution in [0.3, 0.4) is 0 Å². The molecule has 0 spiro atoms. The quantitative estimate of drug-likeness (QED) is 0.674. The number of alkyl halides is 1. The van der Waals surface area contributed by atoms with Crippen molar-refractivity contribution in [2.75, 3.05) is 0 Å². The molecule has 90 valence electrons. The van der Waals surface area contributed by atoms with Gasteiger partial charge in [0.25, 0.3) is 0 Å². The highest BCUT2D eigenvalue weighted by Gasteiger charge is 2.19. The van der Waals surface area contributed by atoms with Gasteiger partial charge in [-0.1, -0.05) is 15.9 Å². The van der Waals surface area contributed by atoms with Crippen molar-refractivity contribution < 1.29 is 8.78 Å². The van der Waals surface area contributed by atoms with Crippen LogP contribution in [0.2, 0.25) is 0 Å². The minimum Gasteiger partial charge on any atom is -0.207 e. The van der Waals surface area contributed by atoms with E-state index in [1.54, 1.807) is 6.92 Å². The molecule has 4 heteroatoms. The van der Waals surface area contributed by atoms with Crippen LogP contribution in [0.1, 0.15) is 26.4 Å². The molecule has 0 fully saturated rings. The summed E-state index contributed by atoms with van der Waals surface area (Å²) in [5.74, 6) is -0.751. The molecule has 1 unspecified atom stereocenters. The zero-order valence-electron chi connectivity index (χ0n) is 9.43. The molecule has 0 aliphatic carbocycles. The first-order chi connectivity index (χ1) is 8.00. The molecule has 1 aromatic heterocycles. The van der Waals surface area contributed by atoms with Gasteiger partial charge in [0.05, 0.1) is 4.83 Å². The van der Waals surface area contributed by atoms with Crippen molar-refractivity contribution in [3.63, 3.8) is 0 Å². The van der Waals surface area contributed by atoms with Crippen LogP contribution in [0, 0.1) is 25.5 Å². The van der Waals surface area contributed by atoms with Crippen molar-refractivity contribution in [1.82, 2.24) is 0 Å². The zero-order chi connectivity index (χ0) is 12.6. The Morgan fingerprint density at radius 1 is 1.12 bits per heavy atom. The molecule has 0 saturated heterocycles. The second-order valence-electron chi connectivity index (χ2n) is 3.95. The summed E-state index contributed by atoms with van der Waals surface area (Å²) in [6.45, 7) is 3.52. The van der Waals surface area contributed by atoms with Crippen LogP contribution in [-0.4, -0.2) is 0 Å². The number of hydrogen-bond donors (Lipinski definition) is 0. The molecule has 1 atom stereocenters. The summed E-state index contributed by atoms with van der Waals surface area (Å²) >= 11 is 4.97. The van der Waals surface area contributed by atoms with E-state index in [4.69, 9.17) is 0 Å². The van der Waals surface area contributed by atoms with Crippen molar-refractivity contribution in [2.45, 2.75) is 18.7 Å². The minimum absolute atomic E-state index is 0.294. The van der Waals surface area contributed by atoms with Crippen LogP contribution in [0.25, 0.3) is 0 Å². The van der Waals surface area contributed by atoms with Crippen LogP contribution >= 0.6 is 27.3 Å². The van der Waals surface area contributed by atoms with Crippen molar-refractivity contribution >= 4 is 27.3 Å². The third-order valence-corrected chi connectivity index (χ3v) is 5.02. The molecule has 1 heterocycles. The number of rotatable bonds is 2. The lowest BCUT2D eigenvalue weighted by Gasteiger charge is -2.12. The number of hydrogen-bond acceptors (Lipinski definition) is 1. The SMILES string of the molecule is Cc1cc(F)c(C(Br)c2sccc2C)cc1F. The molecule has 0 radical (unpaired) electrons. The number of thiophene rings is 1. The van der Waals surface area contributed by atoms with Crippen LogP contribution in [0.5, 0.6) is 0 Å². The number of halogens is 3. The molecule has 0 nitrogen and oxygen atoms in total. The van der Waals surface area contributed by atoms with E-state index in [2.05, 4.69) is 15.9 Å². The van der Waals surface area contributed by atoms with E-state index < -0.39 is 0 Å². The Morgan fingerprint density at radius 3 is 2.41 bits per heavy atom. The maximum absolute atomic E-state index is 13.8. The van der Waals surface area contributed by atoms with E-state index in [1.165, 1.54) is 23.5 Å². The molecule has 0 saturated carbocycles. The standard InChI is InChI=1S/C13H11BrF2S/c1-7-3-4-17-13(7)12(14)9-6-10(15)8(2)5-11(9)16/h3-6,12H,1-2H3. The van der Waals surface area contributed by atoms with E-state index in [9.17, 15) is 8.78 Å². The lowest BCUT2D eigenvalue weighted by molar-refractivity contribution is 0.581. The Balaban J connectivity index is 2.48. The van der Waals surface area contributed by atoms with Crippen molar-refractivity contribution in [2.24, 2.45) is 0 Å². The second-order valence-corrected chi connectivity index (χ2v) is 5.82. The van der Waals surface area contributed by atoms with Crippen molar-refractivity contribution in [1.29, 1.82) is 0 Å². The molecule has 0 amide bonds. The maximum Gasteiger partial charge on any atom is 0.128 e. The topological polar surface area (TPSA) is 0 Å². The van der Waals surface area contributed by atoms with Crippen LogP contribution < -0.4 is 0 Å². The molecule has 17 heavy (non-hydrogen) atoms. The summed E-state index contributed by atoms with van der Waals surface area (Å²) in [6.07, 6.45) is 0. The highest BCUT2D eigenvalue weighted by atomic mass is 79.9. The van der Waals surface area contributed by atoms with E-state index in [1.807, 2.05) is 18.4 Å². The third-order valence-electron chi connectivity index (χ3n) is 2.68. The van der Waals surface area contributed by atoms with E-state index in [-0.39, 0.29) is 16.5 Å². The van der Waals surface area contributed by atoms with Gasteiger partial charge in [0.15, 0.2) is 0 Å². The monoisotopic (exact) mass is 316 g/mol. The summed E-state index contributed by atoms with van der Waals surface area (Å²) in [7, 11) is 0. The van der Waals surface area contributed by atoms with Gasteiger partial charge in [-0.25, -0.2) is 8.78 Å². The van der Waals surface area contributed by atoms with Crippen LogP contribution in [0.4, 0.5) is 8.78 Å². The fourth-order valence-electron chi connectivity index (χ4n) is 1.64. The highest BCUT2D eigenvalue weighted by molar-refractivity contribution is 9.09. The Hall–Kier alpha value is -0.740. The molecule has 0 aliphatic heterocycles. The average molecular weight is 317 g/mol. The maximum atomic E-state index is 13.8. The average Bonchev–Trinajstić information content (AvgIpc) is 2.69. The first kappa shape index (κ1) is 12.7. The fraction of sp³-hybridized carbons (Fsp3) is 0.231. The van der Waals surface area contributed by atoms with E-state index >= 15 is 0 Å². The molecule has 2 aromatic rings. The minimum atomic E-state index is -0.376. The van der Waals surface area contributed by atoms with E-state index in [0.717, 1.165) is 10.4 Å². The van der Waals surface area contributed by atoms with Gasteiger partial charge in [-0.05, 0) is 48.6 Å². The van der Waals surface area contributed by atoms with Gasteiger partial charge >= 0.3 is 0 Å². The normalized spacial score (nSPS) is 12.8. The van der Waals surface area contributed by atoms with Gasteiger partial charge in [-0.15, -0.1) is 11.3 Å². The Bertz CT molecular complexity index is 548. The first-order valence-electron chi connectivity index (χ1n) is 5.14. The van der Waals surface area contributed by atoms with Crippen LogP contribution in [-0.2, 0) is 0 Å². The zero-order valence-corrected chi connectivity index (χ0v) is 11.8. The van der Waals surface area contributed by atoms with Gasteiger partial charge in [0.2, 0.25) is 0 Å². The lowest BCUT2D eigenvalue weighted by Crippen LogP contribution is -1.99. The van der Waals surface area contributed by atoms with Crippen LogP contribution in [0.15, 0.2) is 23.6 Å². The predicted octanol–water partition coefficient (Wildman–Crippen LogP) is 5.13. The van der Waals surface area contributed by atoms with Crippen molar-refractivity contribution in [3.05, 3.63) is 56.8 Å². The Morgan fingerprint density at radius 2 is 1.82 bits per heavy atom. The molecule has 1 aromatic carbocycles. The summed E-state index contributed by atoms with van der Waals surface area (Å²) in [5, 5.41) is 1.95. The summed E-state index contributed by atoms with van der Waals surface area (Å²) in [4.78, 5) is 0.713. The van der Waals surface area contributed by atoms with E-state index in [0.29, 0.717) is 11.1 Å². The second kappa shape index (κ2) is 4.86. The van der Waals surface area contributed by atoms with Gasteiger partial charge in [0.1, 0.15) is 11.6 Å². The highest BCUT2D eigenvalue weighted by Crippen LogP contribution is 2.37. The molecule has 0 aliphatic rings. The smallest absolute Gasteiger partial charge is 0.128 e. The first-order valence-corrected chi connectivity index (χ1v) is 6.94. The fourth-order valence-corrected chi connectivity index (χ4v) is 3.60. The summed E-state index contributed by atoms with van der Waals surface area (Å²) in [5.41, 5.74) is 1.75. The lowest BCUT2D eigenvalue weighted by atomic mass is 10.1. The van der Waals surface area contributed by atoms with Crippen molar-refractivity contribution in [3.8, 4) is 0 Å². The predicted molar refractivity (Wildman–Crippen MR) is 70.9 cm³/mol. The van der Waals surface area contributed by atoms with Gasteiger partial charge < -0.3 is 0 Å². The molecule has 0 bridgehead atoms.